The number of aliphatic imine (C=N–C) groups is 1. The third-order valence-electron chi connectivity index (χ3n) is 0.437. The van der Waals surface area contributed by atoms with Crippen LogP contribution in [0.5, 0.6) is 0 Å². The van der Waals surface area contributed by atoms with Crippen molar-refractivity contribution in [3.05, 3.63) is 10.9 Å². The fourth-order valence-electron chi connectivity index (χ4n) is 0.114. The lowest BCUT2D eigenvalue weighted by Gasteiger charge is -1.85. The summed E-state index contributed by atoms with van der Waals surface area (Å²) < 4.78 is 0. The first-order valence-electron chi connectivity index (χ1n) is 1.70. The van der Waals surface area contributed by atoms with Crippen LogP contribution in [0.1, 0.15) is 6.92 Å². The maximum absolute atomic E-state index is 8.43. The van der Waals surface area contributed by atoms with Crippen molar-refractivity contribution in [1.29, 1.82) is 0 Å². The molecule has 0 aliphatic heterocycles. The van der Waals surface area contributed by atoms with Crippen LogP contribution in [0.15, 0.2) is 15.9 Å². The van der Waals surface area contributed by atoms with Crippen LogP contribution in [0.25, 0.3) is 0 Å². The molecule has 0 rings (SSSR count). The molecule has 0 aromatic rings. The van der Waals surface area contributed by atoms with Gasteiger partial charge in [0.2, 0.25) is 0 Å². The first-order chi connectivity index (χ1) is 3.18. The van der Waals surface area contributed by atoms with Gasteiger partial charge in [0, 0.05) is 0 Å². The molecule has 0 fully saturated rings. The molecule has 0 saturated carbocycles. The van der Waals surface area contributed by atoms with E-state index in [1.54, 1.807) is 0 Å². The maximum atomic E-state index is 8.43. The van der Waals surface area contributed by atoms with Crippen LogP contribution >= 0.6 is 11.6 Å². The Morgan fingerprint density at radius 2 is 2.29 bits per heavy atom. The quantitative estimate of drug-likeness (QED) is 0.318. The van der Waals surface area contributed by atoms with Crippen molar-refractivity contribution >= 4 is 18.3 Å². The Hall–Kier alpha value is -0.500. The molecule has 0 unspecified atom stereocenters. The summed E-state index contributed by atoms with van der Waals surface area (Å²) in [4.78, 5) is 3.23. The highest BCUT2D eigenvalue weighted by atomic mass is 35.5. The Balaban J connectivity index is 3.98. The van der Waals surface area contributed by atoms with Crippen LogP contribution < -0.4 is 0 Å². The van der Waals surface area contributed by atoms with Crippen LogP contribution in [0.4, 0.5) is 0 Å². The smallest absolute Gasteiger partial charge is 0.165 e. The zero-order valence-corrected chi connectivity index (χ0v) is 4.74. The maximum Gasteiger partial charge on any atom is 0.165 e. The number of hydrogen-bond donors (Lipinski definition) is 1. The minimum Gasteiger partial charge on any atom is -0.509 e. The number of nitrogens with zero attached hydrogens (tertiary/aromatic N) is 1. The molecule has 0 aliphatic carbocycles. The molecule has 0 saturated heterocycles. The topological polar surface area (TPSA) is 32.6 Å². The molecule has 0 aromatic carbocycles. The molecular weight excluding hydrogens is 114 g/mol. The van der Waals surface area contributed by atoms with E-state index in [1.165, 1.54) is 6.92 Å². The van der Waals surface area contributed by atoms with Gasteiger partial charge >= 0.3 is 0 Å². The molecule has 0 aliphatic rings. The summed E-state index contributed by atoms with van der Waals surface area (Å²) in [6.45, 7) is 4.52. The Morgan fingerprint density at radius 3 is 2.29 bits per heavy atom. The van der Waals surface area contributed by atoms with Crippen molar-refractivity contribution in [2.45, 2.75) is 6.92 Å². The zero-order valence-electron chi connectivity index (χ0n) is 3.98. The van der Waals surface area contributed by atoms with E-state index in [4.69, 9.17) is 16.7 Å². The summed E-state index contributed by atoms with van der Waals surface area (Å²) in [6, 6.07) is 0. The van der Waals surface area contributed by atoms with Gasteiger partial charge in [-0.1, -0.05) is 11.6 Å². The third-order valence-corrected chi connectivity index (χ3v) is 0.830. The van der Waals surface area contributed by atoms with Gasteiger partial charge in [0.15, 0.2) is 5.16 Å². The van der Waals surface area contributed by atoms with Crippen LogP contribution in [0.2, 0.25) is 0 Å². The molecular formula is C4H6ClNO. The summed E-state index contributed by atoms with van der Waals surface area (Å²) >= 11 is 5.20. The highest BCUT2D eigenvalue weighted by Gasteiger charge is 1.87. The van der Waals surface area contributed by atoms with Gasteiger partial charge in [0.25, 0.3) is 0 Å². The van der Waals surface area contributed by atoms with Gasteiger partial charge in [-0.2, -0.15) is 0 Å². The Labute approximate surface area is 47.1 Å². The molecule has 0 amide bonds. The lowest BCUT2D eigenvalue weighted by molar-refractivity contribution is 0.410. The number of allylic oxidation sites excluding steroid dienone is 1. The van der Waals surface area contributed by atoms with Gasteiger partial charge in [0.1, 0.15) is 5.76 Å². The van der Waals surface area contributed by atoms with Crippen molar-refractivity contribution in [3.8, 4) is 0 Å². The van der Waals surface area contributed by atoms with E-state index in [1.807, 2.05) is 0 Å². The van der Waals surface area contributed by atoms with Gasteiger partial charge in [-0.05, 0) is 13.6 Å². The van der Waals surface area contributed by atoms with Crippen LogP contribution in [-0.2, 0) is 0 Å². The van der Waals surface area contributed by atoms with E-state index in [-0.39, 0.29) is 10.9 Å². The third kappa shape index (κ3) is 2.23. The lowest BCUT2D eigenvalue weighted by Crippen LogP contribution is -1.71. The monoisotopic (exact) mass is 119 g/mol. The van der Waals surface area contributed by atoms with E-state index in [0.717, 1.165) is 0 Å². The average Bonchev–Trinajstić information content (AvgIpc) is 1.65. The number of halogens is 1. The summed E-state index contributed by atoms with van der Waals surface area (Å²) in [5.41, 5.74) is 0. The standard InChI is InChI=1S/C4H6ClNO/c1-3(7)4(5)6-2/h7H,2H2,1H3/b4-3+. The Bertz CT molecular complexity index is 104. The fraction of sp³-hybridized carbons (Fsp3) is 0.250. The van der Waals surface area contributed by atoms with E-state index in [0.29, 0.717) is 0 Å². The molecule has 0 bridgehead atoms. The normalized spacial score (nSPS) is 12.9. The molecule has 0 spiro atoms. The minimum absolute atomic E-state index is 0.00309. The molecule has 40 valence electrons. The van der Waals surface area contributed by atoms with E-state index in [2.05, 4.69) is 11.7 Å². The summed E-state index contributed by atoms with van der Waals surface area (Å²) in [5.74, 6) is -0.00309. The lowest BCUT2D eigenvalue weighted by atomic mass is 10.6. The molecule has 3 heteroatoms. The van der Waals surface area contributed by atoms with E-state index >= 15 is 0 Å². The predicted molar refractivity (Wildman–Crippen MR) is 30.7 cm³/mol. The van der Waals surface area contributed by atoms with Crippen LogP contribution in [0.3, 0.4) is 0 Å². The second-order valence-corrected chi connectivity index (χ2v) is 1.39. The molecule has 0 aromatic heterocycles. The highest BCUT2D eigenvalue weighted by Crippen LogP contribution is 2.04. The summed E-state index contributed by atoms with van der Waals surface area (Å²) in [5, 5.41) is 8.49. The first kappa shape index (κ1) is 6.50. The van der Waals surface area contributed by atoms with Crippen LogP contribution in [-0.4, -0.2) is 11.8 Å². The zero-order chi connectivity index (χ0) is 5.86. The van der Waals surface area contributed by atoms with Gasteiger partial charge < -0.3 is 5.11 Å². The Morgan fingerprint density at radius 1 is 1.86 bits per heavy atom. The molecule has 0 heterocycles. The molecule has 0 radical (unpaired) electrons. The second kappa shape index (κ2) is 2.64. The van der Waals surface area contributed by atoms with Crippen molar-refractivity contribution in [2.24, 2.45) is 4.99 Å². The number of aliphatic hydroxyl groups excluding tert-OH is 1. The highest BCUT2D eigenvalue weighted by molar-refractivity contribution is 6.29. The number of rotatable bonds is 1. The minimum atomic E-state index is -0.00309. The van der Waals surface area contributed by atoms with Crippen molar-refractivity contribution < 1.29 is 5.11 Å². The predicted octanol–water partition coefficient (Wildman–Crippen LogP) is 1.67. The molecule has 1 N–H and O–H groups in total. The van der Waals surface area contributed by atoms with Gasteiger partial charge in [-0.25, -0.2) is 4.99 Å². The van der Waals surface area contributed by atoms with Gasteiger partial charge in [-0.3, -0.25) is 0 Å². The van der Waals surface area contributed by atoms with Gasteiger partial charge in [-0.15, -0.1) is 0 Å². The molecule has 2 nitrogen and oxygen atoms in total. The second-order valence-electron chi connectivity index (χ2n) is 1.03. The van der Waals surface area contributed by atoms with E-state index in [9.17, 15) is 0 Å². The average molecular weight is 120 g/mol. The van der Waals surface area contributed by atoms with Gasteiger partial charge in [0.05, 0.1) is 0 Å². The fourth-order valence-corrected chi connectivity index (χ4v) is 0.114. The van der Waals surface area contributed by atoms with Crippen molar-refractivity contribution in [3.63, 3.8) is 0 Å². The Kier molecular flexibility index (Phi) is 2.45. The first-order valence-corrected chi connectivity index (χ1v) is 2.08. The summed E-state index contributed by atoms with van der Waals surface area (Å²) in [6.07, 6.45) is 0. The van der Waals surface area contributed by atoms with Crippen LogP contribution in [0, 0.1) is 0 Å². The number of hydrogen-bond acceptors (Lipinski definition) is 2. The van der Waals surface area contributed by atoms with Crippen molar-refractivity contribution in [2.75, 3.05) is 0 Å². The SMILES string of the molecule is C=N/C(Cl)=C(\C)O. The largest absolute Gasteiger partial charge is 0.509 e. The number of aliphatic hydroxyl groups is 1. The summed E-state index contributed by atoms with van der Waals surface area (Å²) in [7, 11) is 0. The molecule has 0 atom stereocenters. The van der Waals surface area contributed by atoms with Crippen molar-refractivity contribution in [1.82, 2.24) is 0 Å². The van der Waals surface area contributed by atoms with E-state index < -0.39 is 0 Å². The molecule has 7 heavy (non-hydrogen) atoms.